The van der Waals surface area contributed by atoms with Crippen molar-refractivity contribution in [2.24, 2.45) is 17.8 Å². The lowest BCUT2D eigenvalue weighted by atomic mass is 9.84. The number of aromatic nitrogens is 3. The Morgan fingerprint density at radius 1 is 1.33 bits per heavy atom. The van der Waals surface area contributed by atoms with Gasteiger partial charge in [0.2, 0.25) is 17.6 Å². The predicted octanol–water partition coefficient (Wildman–Crippen LogP) is 2.97. The molecule has 7 nitrogen and oxygen atoms in total. The second kappa shape index (κ2) is 9.08. The van der Waals surface area contributed by atoms with Crippen molar-refractivity contribution in [3.05, 3.63) is 30.4 Å². The van der Waals surface area contributed by atoms with E-state index in [2.05, 4.69) is 32.7 Å². The highest BCUT2D eigenvalue weighted by Gasteiger charge is 2.27. The minimum atomic E-state index is -0.296. The number of nitrogens with zero attached hydrogens (tertiary/aromatic N) is 3. The van der Waals surface area contributed by atoms with Gasteiger partial charge in [0.05, 0.1) is 0 Å². The van der Waals surface area contributed by atoms with Crippen molar-refractivity contribution in [2.75, 3.05) is 13.1 Å². The number of amides is 1. The van der Waals surface area contributed by atoms with Crippen molar-refractivity contribution in [2.45, 2.75) is 46.1 Å². The molecule has 0 saturated carbocycles. The van der Waals surface area contributed by atoms with Gasteiger partial charge in [-0.05, 0) is 55.8 Å². The SMILES string of the molecule is CC(C)C(NC(=O)CC(C)C1CCNCC1)c1nc(-c2cccnc2)no1. The Labute approximate surface area is 160 Å². The van der Waals surface area contributed by atoms with Gasteiger partial charge in [0.25, 0.3) is 0 Å². The van der Waals surface area contributed by atoms with Crippen molar-refractivity contribution in [3.63, 3.8) is 0 Å². The Balaban J connectivity index is 1.63. The monoisotopic (exact) mass is 371 g/mol. The molecule has 0 aromatic carbocycles. The fourth-order valence-electron chi connectivity index (χ4n) is 3.59. The molecule has 1 aliphatic rings. The first-order chi connectivity index (χ1) is 13.0. The summed E-state index contributed by atoms with van der Waals surface area (Å²) in [5, 5.41) is 10.5. The lowest BCUT2D eigenvalue weighted by molar-refractivity contribution is -0.123. The normalized spacial score (nSPS) is 17.6. The van der Waals surface area contributed by atoms with Crippen LogP contribution in [-0.4, -0.2) is 34.1 Å². The molecule has 1 amide bonds. The fourth-order valence-corrected chi connectivity index (χ4v) is 3.59. The van der Waals surface area contributed by atoms with Gasteiger partial charge in [0.1, 0.15) is 6.04 Å². The van der Waals surface area contributed by atoms with Gasteiger partial charge in [-0.1, -0.05) is 25.9 Å². The molecule has 7 heteroatoms. The number of pyridine rings is 1. The summed E-state index contributed by atoms with van der Waals surface area (Å²) in [7, 11) is 0. The molecular weight excluding hydrogens is 342 g/mol. The summed E-state index contributed by atoms with van der Waals surface area (Å²) in [5.41, 5.74) is 0.792. The molecule has 0 bridgehead atoms. The van der Waals surface area contributed by atoms with E-state index < -0.39 is 0 Å². The zero-order valence-corrected chi connectivity index (χ0v) is 16.3. The summed E-state index contributed by atoms with van der Waals surface area (Å²) in [6, 6.07) is 3.41. The summed E-state index contributed by atoms with van der Waals surface area (Å²) in [4.78, 5) is 21.2. The van der Waals surface area contributed by atoms with Gasteiger partial charge in [-0.3, -0.25) is 9.78 Å². The lowest BCUT2D eigenvalue weighted by Gasteiger charge is -2.28. The maximum atomic E-state index is 12.6. The summed E-state index contributed by atoms with van der Waals surface area (Å²) < 4.78 is 5.45. The molecule has 0 aliphatic carbocycles. The molecule has 3 rings (SSSR count). The van der Waals surface area contributed by atoms with Gasteiger partial charge in [-0.15, -0.1) is 0 Å². The van der Waals surface area contributed by atoms with Crippen LogP contribution in [0.3, 0.4) is 0 Å². The second-order valence-electron chi connectivity index (χ2n) is 7.76. The third-order valence-corrected chi connectivity index (χ3v) is 5.31. The number of rotatable bonds is 7. The summed E-state index contributed by atoms with van der Waals surface area (Å²) in [6.45, 7) is 8.34. The van der Waals surface area contributed by atoms with Crippen LogP contribution in [0.4, 0.5) is 0 Å². The second-order valence-corrected chi connectivity index (χ2v) is 7.76. The fraction of sp³-hybridized carbons (Fsp3) is 0.600. The van der Waals surface area contributed by atoms with Gasteiger partial charge >= 0.3 is 0 Å². The number of piperidine rings is 1. The third-order valence-electron chi connectivity index (χ3n) is 5.31. The van der Waals surface area contributed by atoms with E-state index in [0.717, 1.165) is 31.5 Å². The Bertz CT molecular complexity index is 725. The average Bonchev–Trinajstić information content (AvgIpc) is 3.17. The molecule has 146 valence electrons. The van der Waals surface area contributed by atoms with Crippen LogP contribution in [0.25, 0.3) is 11.4 Å². The highest BCUT2D eigenvalue weighted by Crippen LogP contribution is 2.26. The molecule has 2 aromatic heterocycles. The Kier molecular flexibility index (Phi) is 6.55. The molecular formula is C20H29N5O2. The Morgan fingerprint density at radius 2 is 2.11 bits per heavy atom. The predicted molar refractivity (Wildman–Crippen MR) is 103 cm³/mol. The molecule has 2 aromatic rings. The van der Waals surface area contributed by atoms with Crippen molar-refractivity contribution in [3.8, 4) is 11.4 Å². The van der Waals surface area contributed by atoms with Crippen LogP contribution < -0.4 is 10.6 Å². The van der Waals surface area contributed by atoms with Gasteiger partial charge in [-0.25, -0.2) is 0 Å². The Hall–Kier alpha value is -2.28. The molecule has 2 N–H and O–H groups in total. The largest absolute Gasteiger partial charge is 0.344 e. The standard InChI is InChI=1S/C20H29N5O2/c1-13(2)18(20-24-19(25-27-20)16-5-4-8-22-12-16)23-17(26)11-14(3)15-6-9-21-10-7-15/h4-5,8,12-15,18,21H,6-7,9-11H2,1-3H3,(H,23,26). The number of carbonyl (C=O) groups excluding carboxylic acids is 1. The topological polar surface area (TPSA) is 92.9 Å². The molecule has 0 spiro atoms. The quantitative estimate of drug-likeness (QED) is 0.777. The van der Waals surface area contributed by atoms with E-state index in [1.807, 2.05) is 26.0 Å². The molecule has 2 unspecified atom stereocenters. The lowest BCUT2D eigenvalue weighted by Crippen LogP contribution is -2.36. The van der Waals surface area contributed by atoms with E-state index in [0.29, 0.717) is 30.0 Å². The smallest absolute Gasteiger partial charge is 0.249 e. The van der Waals surface area contributed by atoms with Crippen molar-refractivity contribution in [1.82, 2.24) is 25.8 Å². The molecule has 1 saturated heterocycles. The third kappa shape index (κ3) is 5.13. The van der Waals surface area contributed by atoms with Gasteiger partial charge in [0.15, 0.2) is 0 Å². The van der Waals surface area contributed by atoms with Crippen LogP contribution in [0, 0.1) is 17.8 Å². The van der Waals surface area contributed by atoms with E-state index in [1.165, 1.54) is 0 Å². The first-order valence-corrected chi connectivity index (χ1v) is 9.78. The number of hydrogen-bond donors (Lipinski definition) is 2. The summed E-state index contributed by atoms with van der Waals surface area (Å²) >= 11 is 0. The summed E-state index contributed by atoms with van der Waals surface area (Å²) in [6.07, 6.45) is 6.20. The van der Waals surface area contributed by atoms with Gasteiger partial charge in [0, 0.05) is 24.4 Å². The molecule has 1 aliphatic heterocycles. The van der Waals surface area contributed by atoms with E-state index in [9.17, 15) is 4.79 Å². The van der Waals surface area contributed by atoms with Crippen LogP contribution in [0.2, 0.25) is 0 Å². The first kappa shape index (κ1) is 19.5. The Morgan fingerprint density at radius 3 is 2.78 bits per heavy atom. The average molecular weight is 371 g/mol. The molecule has 1 fully saturated rings. The molecule has 0 radical (unpaired) electrons. The highest BCUT2D eigenvalue weighted by molar-refractivity contribution is 5.76. The number of nitrogens with one attached hydrogen (secondary N) is 2. The van der Waals surface area contributed by atoms with Crippen LogP contribution in [0.15, 0.2) is 29.0 Å². The molecule has 2 atom stereocenters. The van der Waals surface area contributed by atoms with Crippen LogP contribution in [-0.2, 0) is 4.79 Å². The molecule has 27 heavy (non-hydrogen) atoms. The number of carbonyl (C=O) groups is 1. The van der Waals surface area contributed by atoms with E-state index in [1.54, 1.807) is 12.4 Å². The van der Waals surface area contributed by atoms with E-state index >= 15 is 0 Å². The first-order valence-electron chi connectivity index (χ1n) is 9.78. The van der Waals surface area contributed by atoms with Crippen molar-refractivity contribution >= 4 is 5.91 Å². The van der Waals surface area contributed by atoms with Crippen molar-refractivity contribution < 1.29 is 9.32 Å². The van der Waals surface area contributed by atoms with Crippen LogP contribution in [0.5, 0.6) is 0 Å². The van der Waals surface area contributed by atoms with Crippen molar-refractivity contribution in [1.29, 1.82) is 0 Å². The zero-order chi connectivity index (χ0) is 19.2. The van der Waals surface area contributed by atoms with Gasteiger partial charge in [-0.2, -0.15) is 4.98 Å². The maximum absolute atomic E-state index is 12.6. The van der Waals surface area contributed by atoms with E-state index in [-0.39, 0.29) is 17.9 Å². The maximum Gasteiger partial charge on any atom is 0.249 e. The molecule has 3 heterocycles. The zero-order valence-electron chi connectivity index (χ0n) is 16.3. The van der Waals surface area contributed by atoms with Crippen LogP contribution >= 0.6 is 0 Å². The van der Waals surface area contributed by atoms with Crippen LogP contribution in [0.1, 0.15) is 52.0 Å². The highest BCUT2D eigenvalue weighted by atomic mass is 16.5. The number of hydrogen-bond acceptors (Lipinski definition) is 6. The van der Waals surface area contributed by atoms with E-state index in [4.69, 9.17) is 4.52 Å². The van der Waals surface area contributed by atoms with Gasteiger partial charge < -0.3 is 15.2 Å². The minimum Gasteiger partial charge on any atom is -0.344 e. The minimum absolute atomic E-state index is 0.0425. The summed E-state index contributed by atoms with van der Waals surface area (Å²) in [5.74, 6) is 2.09.